The van der Waals surface area contributed by atoms with Gasteiger partial charge in [-0.2, -0.15) is 0 Å². The molecule has 0 amide bonds. The standard InChI is InChI=1S/C6H12N/c1-7(2)5-6-3-4-6/h6H,1,3-5H2,2H3/q-1. The van der Waals surface area contributed by atoms with Crippen LogP contribution in [0.2, 0.25) is 0 Å². The Hall–Kier alpha value is -0.0400. The second-order valence-electron chi connectivity index (χ2n) is 2.48. The van der Waals surface area contributed by atoms with Gasteiger partial charge in [-0.15, -0.1) is 0 Å². The summed E-state index contributed by atoms with van der Waals surface area (Å²) in [6.45, 7) is 1.19. The summed E-state index contributed by atoms with van der Waals surface area (Å²) in [6, 6.07) is 0. The topological polar surface area (TPSA) is 3.24 Å². The summed E-state index contributed by atoms with van der Waals surface area (Å²) < 4.78 is 0. The highest BCUT2D eigenvalue weighted by atomic mass is 15.1. The summed E-state index contributed by atoms with van der Waals surface area (Å²) in [5, 5.41) is 0. The smallest absolute Gasteiger partial charge is 0.0277 e. The normalized spacial score (nSPS) is 21.0. The van der Waals surface area contributed by atoms with Crippen molar-refractivity contribution in [2.45, 2.75) is 12.8 Å². The summed E-state index contributed by atoms with van der Waals surface area (Å²) in [6.07, 6.45) is 2.86. The highest BCUT2D eigenvalue weighted by Gasteiger charge is 2.19. The number of rotatable bonds is 2. The second-order valence-corrected chi connectivity index (χ2v) is 2.48. The molecule has 1 saturated carbocycles. The van der Waals surface area contributed by atoms with Crippen LogP contribution in [0.4, 0.5) is 0 Å². The molecule has 0 aromatic carbocycles. The first-order valence-electron chi connectivity index (χ1n) is 2.80. The molecule has 1 fully saturated rings. The van der Waals surface area contributed by atoms with Crippen LogP contribution in [0.25, 0.3) is 0 Å². The Labute approximate surface area is 45.3 Å². The average molecular weight is 98.2 g/mol. The van der Waals surface area contributed by atoms with E-state index in [1.807, 2.05) is 11.9 Å². The Morgan fingerprint density at radius 3 is 2.43 bits per heavy atom. The van der Waals surface area contributed by atoms with E-state index in [4.69, 9.17) is 0 Å². The molecule has 7 heavy (non-hydrogen) atoms. The third kappa shape index (κ3) is 1.93. The predicted octanol–water partition coefficient (Wildman–Crippen LogP) is 1.12. The van der Waals surface area contributed by atoms with Gasteiger partial charge in [0, 0.05) is 0 Å². The first-order chi connectivity index (χ1) is 3.29. The molecule has 1 heteroatoms. The van der Waals surface area contributed by atoms with Crippen molar-refractivity contribution in [3.63, 3.8) is 0 Å². The van der Waals surface area contributed by atoms with Crippen LogP contribution in [0.3, 0.4) is 0 Å². The monoisotopic (exact) mass is 98.1 g/mol. The molecule has 0 aliphatic heterocycles. The number of hydrogen-bond donors (Lipinski definition) is 0. The third-order valence-electron chi connectivity index (χ3n) is 1.27. The molecule has 0 radical (unpaired) electrons. The molecular formula is C6H12N-. The van der Waals surface area contributed by atoms with Crippen molar-refractivity contribution in [2.75, 3.05) is 13.6 Å². The van der Waals surface area contributed by atoms with Gasteiger partial charge in [0.1, 0.15) is 0 Å². The van der Waals surface area contributed by atoms with Gasteiger partial charge in [-0.3, -0.25) is 7.05 Å². The fourth-order valence-electron chi connectivity index (χ4n) is 0.741. The van der Waals surface area contributed by atoms with Gasteiger partial charge in [0.05, 0.1) is 0 Å². The Kier molecular flexibility index (Phi) is 1.33. The van der Waals surface area contributed by atoms with E-state index in [2.05, 4.69) is 7.05 Å². The molecule has 0 bridgehead atoms. The van der Waals surface area contributed by atoms with E-state index in [1.165, 1.54) is 19.4 Å². The van der Waals surface area contributed by atoms with Crippen LogP contribution in [0.15, 0.2) is 0 Å². The highest BCUT2D eigenvalue weighted by Crippen LogP contribution is 2.28. The maximum atomic E-state index is 3.75. The Bertz CT molecular complexity index is 55.2. The van der Waals surface area contributed by atoms with Crippen molar-refractivity contribution in [1.29, 1.82) is 0 Å². The molecule has 0 heterocycles. The fraction of sp³-hybridized carbons (Fsp3) is 0.833. The lowest BCUT2D eigenvalue weighted by Crippen LogP contribution is -2.11. The first-order valence-corrected chi connectivity index (χ1v) is 2.80. The van der Waals surface area contributed by atoms with Crippen LogP contribution in [-0.2, 0) is 0 Å². The lowest BCUT2D eigenvalue weighted by Gasteiger charge is -2.15. The Morgan fingerprint density at radius 2 is 2.29 bits per heavy atom. The molecule has 1 rings (SSSR count). The van der Waals surface area contributed by atoms with Crippen molar-refractivity contribution in [2.24, 2.45) is 5.92 Å². The molecule has 0 unspecified atom stereocenters. The molecule has 0 N–H and O–H groups in total. The quantitative estimate of drug-likeness (QED) is 0.468. The Morgan fingerprint density at radius 1 is 1.71 bits per heavy atom. The first kappa shape index (κ1) is 5.10. The van der Waals surface area contributed by atoms with Crippen molar-refractivity contribution in [3.05, 3.63) is 7.05 Å². The van der Waals surface area contributed by atoms with Gasteiger partial charge >= 0.3 is 0 Å². The van der Waals surface area contributed by atoms with Crippen LogP contribution in [-0.4, -0.2) is 18.5 Å². The van der Waals surface area contributed by atoms with Gasteiger partial charge in [0.15, 0.2) is 0 Å². The lowest BCUT2D eigenvalue weighted by molar-refractivity contribution is 0.427. The van der Waals surface area contributed by atoms with E-state index in [9.17, 15) is 0 Å². The minimum Gasteiger partial charge on any atom is -0.462 e. The molecule has 1 aliphatic rings. The Balaban J connectivity index is 1.97. The maximum Gasteiger partial charge on any atom is -0.0277 e. The zero-order valence-corrected chi connectivity index (χ0v) is 4.85. The van der Waals surface area contributed by atoms with Crippen molar-refractivity contribution >= 4 is 0 Å². The summed E-state index contributed by atoms with van der Waals surface area (Å²) in [5.41, 5.74) is 0. The molecule has 0 saturated heterocycles. The van der Waals surface area contributed by atoms with Gasteiger partial charge in [-0.05, 0) is 32.4 Å². The van der Waals surface area contributed by atoms with Crippen LogP contribution in [0, 0.1) is 13.0 Å². The van der Waals surface area contributed by atoms with E-state index < -0.39 is 0 Å². The molecule has 1 nitrogen and oxygen atoms in total. The van der Waals surface area contributed by atoms with E-state index in [0.29, 0.717) is 0 Å². The predicted molar refractivity (Wildman–Crippen MR) is 30.7 cm³/mol. The lowest BCUT2D eigenvalue weighted by atomic mass is 10.4. The molecule has 0 atom stereocenters. The van der Waals surface area contributed by atoms with E-state index in [0.717, 1.165) is 5.92 Å². The summed E-state index contributed by atoms with van der Waals surface area (Å²) in [7, 11) is 5.78. The van der Waals surface area contributed by atoms with Gasteiger partial charge in [0.25, 0.3) is 0 Å². The molecule has 42 valence electrons. The third-order valence-corrected chi connectivity index (χ3v) is 1.27. The zero-order chi connectivity index (χ0) is 5.28. The van der Waals surface area contributed by atoms with Gasteiger partial charge in [-0.1, -0.05) is 0 Å². The van der Waals surface area contributed by atoms with E-state index in [1.54, 1.807) is 0 Å². The van der Waals surface area contributed by atoms with E-state index in [-0.39, 0.29) is 0 Å². The van der Waals surface area contributed by atoms with Crippen LogP contribution >= 0.6 is 0 Å². The largest absolute Gasteiger partial charge is 0.462 e. The number of hydrogen-bond acceptors (Lipinski definition) is 1. The van der Waals surface area contributed by atoms with Crippen molar-refractivity contribution in [1.82, 2.24) is 4.90 Å². The minimum absolute atomic E-state index is 0.988. The summed E-state index contributed by atoms with van der Waals surface area (Å²) in [4.78, 5) is 2.01. The van der Waals surface area contributed by atoms with Crippen molar-refractivity contribution < 1.29 is 0 Å². The fourth-order valence-corrected chi connectivity index (χ4v) is 0.741. The van der Waals surface area contributed by atoms with Crippen LogP contribution in [0.1, 0.15) is 12.8 Å². The van der Waals surface area contributed by atoms with Crippen LogP contribution < -0.4 is 0 Å². The molecule has 0 aromatic heterocycles. The maximum absolute atomic E-state index is 3.75. The van der Waals surface area contributed by atoms with E-state index >= 15 is 0 Å². The summed E-state index contributed by atoms with van der Waals surface area (Å²) >= 11 is 0. The molecule has 1 aliphatic carbocycles. The molecule has 0 aromatic rings. The minimum atomic E-state index is 0.988. The van der Waals surface area contributed by atoms with Crippen LogP contribution in [0.5, 0.6) is 0 Å². The summed E-state index contributed by atoms with van der Waals surface area (Å²) in [5.74, 6) is 0.988. The number of nitrogens with zero attached hydrogens (tertiary/aromatic N) is 1. The molecular weight excluding hydrogens is 86.1 g/mol. The second kappa shape index (κ2) is 1.83. The van der Waals surface area contributed by atoms with Gasteiger partial charge in [0.2, 0.25) is 0 Å². The average Bonchev–Trinajstić information content (AvgIpc) is 2.17. The van der Waals surface area contributed by atoms with Crippen molar-refractivity contribution in [3.8, 4) is 0 Å². The SMILES string of the molecule is [CH2-]N(C)CC1CC1. The van der Waals surface area contributed by atoms with Gasteiger partial charge in [-0.25, -0.2) is 0 Å². The zero-order valence-electron chi connectivity index (χ0n) is 4.85. The van der Waals surface area contributed by atoms with Gasteiger partial charge < -0.3 is 4.90 Å². The molecule has 0 spiro atoms. The highest BCUT2D eigenvalue weighted by molar-refractivity contribution is 4.75.